The van der Waals surface area contributed by atoms with Gasteiger partial charge in [-0.05, 0) is 31.5 Å². The summed E-state index contributed by atoms with van der Waals surface area (Å²) in [6, 6.07) is 5.40. The third-order valence-corrected chi connectivity index (χ3v) is 3.94. The highest BCUT2D eigenvalue weighted by Gasteiger charge is 2.30. The Bertz CT molecular complexity index is 721. The van der Waals surface area contributed by atoms with Crippen LogP contribution >= 0.6 is 0 Å². The van der Waals surface area contributed by atoms with E-state index >= 15 is 0 Å². The van der Waals surface area contributed by atoms with Gasteiger partial charge in [-0.25, -0.2) is 4.68 Å². The van der Waals surface area contributed by atoms with Crippen LogP contribution < -0.4 is 10.1 Å². The molecular weight excluding hydrogens is 282 g/mol. The number of nitrogens with one attached hydrogen (secondary N) is 1. The maximum atomic E-state index is 12.1. The van der Waals surface area contributed by atoms with Crippen LogP contribution in [0.2, 0.25) is 0 Å². The van der Waals surface area contributed by atoms with Crippen molar-refractivity contribution in [2.45, 2.75) is 32.2 Å². The summed E-state index contributed by atoms with van der Waals surface area (Å²) in [5.74, 6) is 1.07. The normalized spacial score (nSPS) is 17.3. The first-order chi connectivity index (χ1) is 10.5. The van der Waals surface area contributed by atoms with Gasteiger partial charge >= 0.3 is 0 Å². The van der Waals surface area contributed by atoms with Crippen molar-refractivity contribution in [1.82, 2.24) is 9.78 Å². The zero-order chi connectivity index (χ0) is 15.9. The number of carbonyl (C=O) groups excluding carboxylic acids is 1. The quantitative estimate of drug-likeness (QED) is 0.913. The Hall–Kier alpha value is -2.50. The standard InChI is InChI=1S/C16H19N3O3/c1-9(2)19-16-12(8-17-19)11(7-15(21)18-16)10-4-5-14(22-3)13(20)6-10/h4-6,8-9,11,20H,7H2,1-3H3,(H,18,21)/t11-/m0/s1. The van der Waals surface area contributed by atoms with Gasteiger partial charge < -0.3 is 15.2 Å². The Morgan fingerprint density at radius 3 is 2.86 bits per heavy atom. The molecule has 0 aliphatic carbocycles. The fourth-order valence-corrected chi connectivity index (χ4v) is 2.85. The fourth-order valence-electron chi connectivity index (χ4n) is 2.85. The van der Waals surface area contributed by atoms with E-state index in [0.29, 0.717) is 12.2 Å². The number of hydrogen-bond acceptors (Lipinski definition) is 4. The van der Waals surface area contributed by atoms with Gasteiger partial charge in [-0.1, -0.05) is 6.07 Å². The van der Waals surface area contributed by atoms with Crippen LogP contribution in [0.5, 0.6) is 11.5 Å². The molecule has 1 aromatic carbocycles. The molecule has 0 saturated heterocycles. The largest absolute Gasteiger partial charge is 0.504 e. The van der Waals surface area contributed by atoms with E-state index < -0.39 is 0 Å². The van der Waals surface area contributed by atoms with Crippen molar-refractivity contribution >= 4 is 11.7 Å². The van der Waals surface area contributed by atoms with Gasteiger partial charge in [0, 0.05) is 23.9 Å². The van der Waals surface area contributed by atoms with Crippen molar-refractivity contribution in [2.75, 3.05) is 12.4 Å². The predicted octanol–water partition coefficient (Wildman–Crippen LogP) is 2.65. The molecule has 3 rings (SSSR count). The van der Waals surface area contributed by atoms with Gasteiger partial charge in [0.1, 0.15) is 5.82 Å². The van der Waals surface area contributed by atoms with Crippen molar-refractivity contribution in [2.24, 2.45) is 0 Å². The van der Waals surface area contributed by atoms with Gasteiger partial charge in [0.15, 0.2) is 11.5 Å². The first-order valence-corrected chi connectivity index (χ1v) is 7.25. The number of carbonyl (C=O) groups is 1. The van der Waals surface area contributed by atoms with Crippen molar-refractivity contribution in [3.05, 3.63) is 35.5 Å². The lowest BCUT2D eigenvalue weighted by molar-refractivity contribution is -0.116. The Morgan fingerprint density at radius 2 is 2.23 bits per heavy atom. The summed E-state index contributed by atoms with van der Waals surface area (Å²) in [7, 11) is 1.51. The zero-order valence-corrected chi connectivity index (χ0v) is 12.8. The van der Waals surface area contributed by atoms with Crippen LogP contribution in [0, 0.1) is 0 Å². The highest BCUT2D eigenvalue weighted by atomic mass is 16.5. The van der Waals surface area contributed by atoms with Gasteiger partial charge in [0.25, 0.3) is 0 Å². The number of anilines is 1. The number of nitrogens with zero attached hydrogens (tertiary/aromatic N) is 2. The number of amides is 1. The Kier molecular flexibility index (Phi) is 3.52. The maximum Gasteiger partial charge on any atom is 0.226 e. The number of methoxy groups -OCH3 is 1. The zero-order valence-electron chi connectivity index (χ0n) is 12.8. The highest BCUT2D eigenvalue weighted by Crippen LogP contribution is 2.40. The minimum absolute atomic E-state index is 0.0461. The molecule has 0 bridgehead atoms. The molecule has 0 radical (unpaired) electrons. The lowest BCUT2D eigenvalue weighted by Gasteiger charge is -2.24. The first-order valence-electron chi connectivity index (χ1n) is 7.25. The summed E-state index contributed by atoms with van der Waals surface area (Å²) < 4.78 is 6.88. The molecule has 0 saturated carbocycles. The van der Waals surface area contributed by atoms with E-state index in [9.17, 15) is 9.90 Å². The van der Waals surface area contributed by atoms with E-state index in [1.165, 1.54) is 7.11 Å². The molecule has 0 unspecified atom stereocenters. The number of ether oxygens (including phenoxy) is 1. The van der Waals surface area contributed by atoms with Crippen molar-refractivity contribution < 1.29 is 14.6 Å². The first kappa shape index (κ1) is 14.4. The smallest absolute Gasteiger partial charge is 0.226 e. The molecule has 116 valence electrons. The number of aromatic nitrogens is 2. The monoisotopic (exact) mass is 301 g/mol. The fraction of sp³-hybridized carbons (Fsp3) is 0.375. The van der Waals surface area contributed by atoms with Gasteiger partial charge in [-0.3, -0.25) is 4.79 Å². The Morgan fingerprint density at radius 1 is 1.45 bits per heavy atom. The highest BCUT2D eigenvalue weighted by molar-refractivity contribution is 5.94. The van der Waals surface area contributed by atoms with E-state index in [4.69, 9.17) is 4.74 Å². The summed E-state index contributed by atoms with van der Waals surface area (Å²) in [6.07, 6.45) is 2.13. The van der Waals surface area contributed by atoms with Crippen LogP contribution in [-0.4, -0.2) is 27.9 Å². The molecule has 2 aromatic rings. The van der Waals surface area contributed by atoms with E-state index in [1.807, 2.05) is 24.6 Å². The molecule has 1 aliphatic heterocycles. The number of aromatic hydroxyl groups is 1. The van der Waals surface area contributed by atoms with Crippen molar-refractivity contribution in [1.29, 1.82) is 0 Å². The second-order valence-corrected chi connectivity index (χ2v) is 5.72. The van der Waals surface area contributed by atoms with Crippen LogP contribution in [0.3, 0.4) is 0 Å². The molecule has 6 heteroatoms. The van der Waals surface area contributed by atoms with E-state index in [0.717, 1.165) is 16.9 Å². The van der Waals surface area contributed by atoms with Crippen molar-refractivity contribution in [3.8, 4) is 11.5 Å². The molecule has 1 amide bonds. The van der Waals surface area contributed by atoms with Crippen molar-refractivity contribution in [3.63, 3.8) is 0 Å². The molecule has 2 heterocycles. The summed E-state index contributed by atoms with van der Waals surface area (Å²) in [6.45, 7) is 4.03. The molecule has 1 aromatic heterocycles. The van der Waals surface area contributed by atoms with Gasteiger partial charge in [0.05, 0.1) is 13.3 Å². The lowest BCUT2D eigenvalue weighted by Crippen LogP contribution is -2.25. The molecule has 1 aliphatic rings. The summed E-state index contributed by atoms with van der Waals surface area (Å²) in [5.41, 5.74) is 1.84. The molecule has 2 N–H and O–H groups in total. The Balaban J connectivity index is 2.06. The maximum absolute atomic E-state index is 12.1. The minimum atomic E-state index is -0.118. The van der Waals surface area contributed by atoms with E-state index in [2.05, 4.69) is 10.4 Å². The second-order valence-electron chi connectivity index (χ2n) is 5.72. The third-order valence-electron chi connectivity index (χ3n) is 3.94. The minimum Gasteiger partial charge on any atom is -0.504 e. The number of rotatable bonds is 3. The molecule has 22 heavy (non-hydrogen) atoms. The second kappa shape index (κ2) is 5.36. The van der Waals surface area contributed by atoms with Gasteiger partial charge in [0.2, 0.25) is 5.91 Å². The van der Waals surface area contributed by atoms with Crippen LogP contribution in [0.15, 0.2) is 24.4 Å². The number of fused-ring (bicyclic) bond motifs is 1. The Labute approximate surface area is 128 Å². The molecule has 6 nitrogen and oxygen atoms in total. The number of phenolic OH excluding ortho intramolecular Hbond substituents is 1. The van der Waals surface area contributed by atoms with Gasteiger partial charge in [-0.15, -0.1) is 0 Å². The van der Waals surface area contributed by atoms with Crippen LogP contribution in [0.4, 0.5) is 5.82 Å². The summed E-state index contributed by atoms with van der Waals surface area (Å²) >= 11 is 0. The summed E-state index contributed by atoms with van der Waals surface area (Å²) in [5, 5.41) is 17.3. The molecule has 0 fully saturated rings. The van der Waals surface area contributed by atoms with Crippen LogP contribution in [0.25, 0.3) is 0 Å². The number of hydrogen-bond donors (Lipinski definition) is 2. The average molecular weight is 301 g/mol. The van der Waals surface area contributed by atoms with Crippen LogP contribution in [0.1, 0.15) is 43.4 Å². The van der Waals surface area contributed by atoms with E-state index in [1.54, 1.807) is 18.3 Å². The summed E-state index contributed by atoms with van der Waals surface area (Å²) in [4.78, 5) is 12.1. The topological polar surface area (TPSA) is 76.4 Å². The van der Waals surface area contributed by atoms with Gasteiger partial charge in [-0.2, -0.15) is 5.10 Å². The SMILES string of the molecule is COc1ccc([C@@H]2CC(=O)Nc3c2cnn3C(C)C)cc1O. The average Bonchev–Trinajstić information content (AvgIpc) is 2.90. The number of phenols is 1. The predicted molar refractivity (Wildman–Crippen MR) is 82.4 cm³/mol. The third kappa shape index (κ3) is 2.30. The van der Waals surface area contributed by atoms with Crippen LogP contribution in [-0.2, 0) is 4.79 Å². The molecule has 0 spiro atoms. The number of benzene rings is 1. The van der Waals surface area contributed by atoms with E-state index in [-0.39, 0.29) is 23.6 Å². The lowest BCUT2D eigenvalue weighted by atomic mass is 9.87. The molecule has 1 atom stereocenters. The molecular formula is C16H19N3O3.